The Labute approximate surface area is 176 Å². The van der Waals surface area contributed by atoms with E-state index in [0.717, 1.165) is 17.0 Å². The van der Waals surface area contributed by atoms with Crippen LogP contribution >= 0.6 is 0 Å². The maximum Gasteiger partial charge on any atom is 0.254 e. The predicted octanol–water partition coefficient (Wildman–Crippen LogP) is 3.19. The van der Waals surface area contributed by atoms with Crippen molar-refractivity contribution in [2.45, 2.75) is 33.4 Å². The molecule has 5 rings (SSSR count). The molecule has 0 unspecified atom stereocenters. The van der Waals surface area contributed by atoms with Gasteiger partial charge in [0.05, 0.1) is 28.4 Å². The normalized spacial score (nSPS) is 24.2. The first kappa shape index (κ1) is 19.0. The molecule has 0 saturated carbocycles. The maximum atomic E-state index is 13.7. The number of carbonyl (C=O) groups is 2. The Hall–Kier alpha value is -2.99. The molecule has 2 aliphatic heterocycles. The summed E-state index contributed by atoms with van der Waals surface area (Å²) in [5.41, 5.74) is 3.52. The molecule has 4 heterocycles. The quantitative estimate of drug-likeness (QED) is 0.675. The van der Waals surface area contributed by atoms with E-state index in [0.29, 0.717) is 37.3 Å². The number of pyridine rings is 1. The van der Waals surface area contributed by atoms with Crippen molar-refractivity contribution in [1.82, 2.24) is 19.2 Å². The first-order valence-electron chi connectivity index (χ1n) is 10.5. The van der Waals surface area contributed by atoms with Crippen LogP contribution in [0, 0.1) is 12.3 Å². The Bertz CT molecular complexity index is 1170. The van der Waals surface area contributed by atoms with Gasteiger partial charge in [0.15, 0.2) is 5.78 Å². The van der Waals surface area contributed by atoms with Gasteiger partial charge in [-0.25, -0.2) is 4.98 Å². The van der Waals surface area contributed by atoms with Gasteiger partial charge in [-0.15, -0.1) is 0 Å². The van der Waals surface area contributed by atoms with Crippen molar-refractivity contribution in [3.8, 4) is 0 Å². The van der Waals surface area contributed by atoms with Crippen molar-refractivity contribution >= 4 is 17.3 Å². The van der Waals surface area contributed by atoms with Gasteiger partial charge in [0.25, 0.3) is 5.91 Å². The first-order valence-corrected chi connectivity index (χ1v) is 10.5. The van der Waals surface area contributed by atoms with Crippen LogP contribution in [-0.2, 0) is 6.54 Å². The molecule has 6 heteroatoms. The van der Waals surface area contributed by atoms with Crippen LogP contribution in [0.15, 0.2) is 48.7 Å². The highest BCUT2D eigenvalue weighted by Gasteiger charge is 2.54. The molecule has 2 aliphatic rings. The van der Waals surface area contributed by atoms with Gasteiger partial charge in [0.2, 0.25) is 0 Å². The Morgan fingerprint density at radius 3 is 2.60 bits per heavy atom. The summed E-state index contributed by atoms with van der Waals surface area (Å²) < 4.78 is 2.12. The van der Waals surface area contributed by atoms with Crippen LogP contribution in [0.5, 0.6) is 0 Å². The van der Waals surface area contributed by atoms with E-state index >= 15 is 0 Å². The summed E-state index contributed by atoms with van der Waals surface area (Å²) in [5, 5.41) is 0. The van der Waals surface area contributed by atoms with E-state index in [2.05, 4.69) is 14.3 Å². The lowest BCUT2D eigenvalue weighted by Crippen LogP contribution is -2.49. The van der Waals surface area contributed by atoms with Crippen molar-refractivity contribution in [2.24, 2.45) is 5.41 Å². The minimum atomic E-state index is -0.632. The number of imidazole rings is 1. The van der Waals surface area contributed by atoms with Gasteiger partial charge in [0.1, 0.15) is 5.65 Å². The smallest absolute Gasteiger partial charge is 0.254 e. The van der Waals surface area contributed by atoms with Crippen molar-refractivity contribution in [2.75, 3.05) is 19.6 Å². The van der Waals surface area contributed by atoms with Gasteiger partial charge < -0.3 is 9.30 Å². The highest BCUT2D eigenvalue weighted by atomic mass is 16.2. The Balaban J connectivity index is 1.53. The number of amides is 1. The van der Waals surface area contributed by atoms with Crippen molar-refractivity contribution in [3.63, 3.8) is 0 Å². The molecule has 3 aromatic rings. The zero-order chi connectivity index (χ0) is 21.0. The zero-order valence-corrected chi connectivity index (χ0v) is 17.6. The number of aryl methyl sites for hydroxylation is 1. The second-order valence-electron chi connectivity index (χ2n) is 8.64. The number of nitrogens with zero attached hydrogens (tertiary/aromatic N) is 4. The summed E-state index contributed by atoms with van der Waals surface area (Å²) in [5.74, 6) is 0.0350. The van der Waals surface area contributed by atoms with Crippen molar-refractivity contribution in [1.29, 1.82) is 0 Å². The summed E-state index contributed by atoms with van der Waals surface area (Å²) in [6.07, 6.45) is 2.03. The molecular weight excluding hydrogens is 376 g/mol. The molecule has 0 bridgehead atoms. The molecule has 1 fully saturated rings. The van der Waals surface area contributed by atoms with E-state index in [-0.39, 0.29) is 17.7 Å². The van der Waals surface area contributed by atoms with Gasteiger partial charge in [-0.2, -0.15) is 0 Å². The molecule has 2 atom stereocenters. The summed E-state index contributed by atoms with van der Waals surface area (Å²) in [7, 11) is 0. The van der Waals surface area contributed by atoms with Crippen LogP contribution in [0.25, 0.3) is 5.65 Å². The lowest BCUT2D eigenvalue weighted by atomic mass is 9.78. The van der Waals surface area contributed by atoms with Crippen LogP contribution in [-0.4, -0.2) is 56.6 Å². The topological polar surface area (TPSA) is 57.9 Å². The molecular formula is C24H26N4O2. The molecule has 1 amide bonds. The molecule has 2 aromatic heterocycles. The second kappa shape index (κ2) is 6.77. The van der Waals surface area contributed by atoms with Crippen molar-refractivity contribution < 1.29 is 9.59 Å². The summed E-state index contributed by atoms with van der Waals surface area (Å²) in [6, 6.07) is 13.1. The van der Waals surface area contributed by atoms with E-state index in [9.17, 15) is 9.59 Å². The first-order chi connectivity index (χ1) is 14.4. The molecule has 1 aromatic carbocycles. The average Bonchev–Trinajstić information content (AvgIpc) is 3.23. The molecule has 6 nitrogen and oxygen atoms in total. The van der Waals surface area contributed by atoms with Gasteiger partial charge in [0, 0.05) is 37.9 Å². The molecule has 30 heavy (non-hydrogen) atoms. The van der Waals surface area contributed by atoms with E-state index in [1.165, 1.54) is 0 Å². The molecule has 0 radical (unpaired) electrons. The van der Waals surface area contributed by atoms with Crippen LogP contribution < -0.4 is 0 Å². The minimum absolute atomic E-state index is 0.0389. The summed E-state index contributed by atoms with van der Waals surface area (Å²) in [4.78, 5) is 35.8. The van der Waals surface area contributed by atoms with Crippen LogP contribution in [0.1, 0.15) is 46.0 Å². The number of fused-ring (bicyclic) bond motifs is 3. The average molecular weight is 402 g/mol. The number of carbonyl (C=O) groups excluding carboxylic acids is 2. The van der Waals surface area contributed by atoms with Gasteiger partial charge >= 0.3 is 0 Å². The van der Waals surface area contributed by atoms with E-state index in [1.54, 1.807) is 12.1 Å². The minimum Gasteiger partial charge on any atom is -0.334 e. The van der Waals surface area contributed by atoms with Crippen LogP contribution in [0.2, 0.25) is 0 Å². The number of ketones is 1. The predicted molar refractivity (Wildman–Crippen MR) is 115 cm³/mol. The van der Waals surface area contributed by atoms with Gasteiger partial charge in [-0.05, 0) is 39.0 Å². The van der Waals surface area contributed by atoms with E-state index in [4.69, 9.17) is 0 Å². The molecule has 0 aliphatic carbocycles. The number of Topliss-reactive ketones (excluding diaryl/α,β-unsaturated/α-hetero) is 1. The lowest BCUT2D eigenvalue weighted by molar-refractivity contribution is 0.0560. The van der Waals surface area contributed by atoms with E-state index < -0.39 is 5.41 Å². The number of benzene rings is 1. The fourth-order valence-electron chi connectivity index (χ4n) is 5.27. The lowest BCUT2D eigenvalue weighted by Gasteiger charge is -2.34. The molecule has 0 spiro atoms. The highest BCUT2D eigenvalue weighted by molar-refractivity contribution is 6.12. The fraction of sp³-hybridized carbons (Fsp3) is 0.375. The Morgan fingerprint density at radius 1 is 1.10 bits per heavy atom. The Morgan fingerprint density at radius 2 is 1.83 bits per heavy atom. The number of likely N-dealkylation sites (N-methyl/N-ethyl adjacent to an activating group) is 1. The van der Waals surface area contributed by atoms with E-state index in [1.807, 2.05) is 62.2 Å². The van der Waals surface area contributed by atoms with Crippen LogP contribution in [0.3, 0.4) is 0 Å². The monoisotopic (exact) mass is 402 g/mol. The fourth-order valence-corrected chi connectivity index (χ4v) is 5.27. The summed E-state index contributed by atoms with van der Waals surface area (Å²) in [6.45, 7) is 8.63. The zero-order valence-electron chi connectivity index (χ0n) is 17.6. The number of rotatable bonds is 3. The number of hydrogen-bond donors (Lipinski definition) is 0. The second-order valence-corrected chi connectivity index (χ2v) is 8.64. The third kappa shape index (κ3) is 2.63. The SMILES string of the molecule is CCN1C(=O)c2ccccc2C(=O)[C@@]2(C)CN(Cc3c(C)nc4ccccn34)C[C@@H]12. The number of aromatic nitrogens is 2. The largest absolute Gasteiger partial charge is 0.334 e. The van der Waals surface area contributed by atoms with Crippen molar-refractivity contribution in [3.05, 3.63) is 71.2 Å². The number of hydrogen-bond acceptors (Lipinski definition) is 4. The Kier molecular flexibility index (Phi) is 4.29. The van der Waals surface area contributed by atoms with Crippen LogP contribution in [0.4, 0.5) is 0 Å². The third-order valence-corrected chi connectivity index (χ3v) is 6.82. The standard InChI is InChI=1S/C24H26N4O2/c1-4-27-20-14-26(13-19-16(2)25-21-11-7-8-12-28(19)21)15-24(20,3)22(29)17-9-5-6-10-18(17)23(27)30/h5-12,20H,4,13-15H2,1-3H3/t20-,24+/m1/s1. The maximum absolute atomic E-state index is 13.7. The number of likely N-dealkylation sites (tertiary alicyclic amines) is 1. The summed E-state index contributed by atoms with van der Waals surface area (Å²) >= 11 is 0. The molecule has 0 N–H and O–H groups in total. The third-order valence-electron chi connectivity index (χ3n) is 6.82. The molecule has 1 saturated heterocycles. The van der Waals surface area contributed by atoms with Gasteiger partial charge in [-0.3, -0.25) is 14.5 Å². The van der Waals surface area contributed by atoms with Gasteiger partial charge in [-0.1, -0.05) is 24.3 Å². The highest BCUT2D eigenvalue weighted by Crippen LogP contribution is 2.41. The molecule has 154 valence electrons.